The lowest BCUT2D eigenvalue weighted by Crippen LogP contribution is -2.22. The average molecular weight is 194 g/mol. The summed E-state index contributed by atoms with van der Waals surface area (Å²) in [7, 11) is 2.03. The Balaban J connectivity index is 2.60. The minimum Gasteiger partial charge on any atom is -0.393 e. The van der Waals surface area contributed by atoms with Crippen molar-refractivity contribution in [2.75, 3.05) is 18.5 Å². The highest BCUT2D eigenvalue weighted by Crippen LogP contribution is 2.16. The number of hydrogen-bond acceptors (Lipinski definition) is 3. The first-order chi connectivity index (χ1) is 6.61. The summed E-state index contributed by atoms with van der Waals surface area (Å²) < 4.78 is 0. The van der Waals surface area contributed by atoms with Crippen LogP contribution in [0, 0.1) is 6.92 Å². The lowest BCUT2D eigenvalue weighted by atomic mass is 10.2. The van der Waals surface area contributed by atoms with Gasteiger partial charge in [0.15, 0.2) is 0 Å². The highest BCUT2D eigenvalue weighted by Gasteiger charge is 2.04. The van der Waals surface area contributed by atoms with Crippen molar-refractivity contribution in [2.24, 2.45) is 0 Å². The van der Waals surface area contributed by atoms with Crippen LogP contribution in [0.15, 0.2) is 18.5 Å². The molecule has 1 rings (SSSR count). The molecular formula is C11H18N2O. The van der Waals surface area contributed by atoms with Gasteiger partial charge in [-0.25, -0.2) is 0 Å². The molecule has 14 heavy (non-hydrogen) atoms. The van der Waals surface area contributed by atoms with Crippen molar-refractivity contribution < 1.29 is 5.11 Å². The van der Waals surface area contributed by atoms with Crippen LogP contribution < -0.4 is 4.90 Å². The maximum atomic E-state index is 9.18. The summed E-state index contributed by atoms with van der Waals surface area (Å²) in [6, 6.07) is 2.00. The Hall–Kier alpha value is -1.09. The van der Waals surface area contributed by atoms with Gasteiger partial charge in [0.1, 0.15) is 0 Å². The maximum Gasteiger partial charge on any atom is 0.0528 e. The van der Waals surface area contributed by atoms with E-state index in [-0.39, 0.29) is 6.10 Å². The van der Waals surface area contributed by atoms with Crippen molar-refractivity contribution in [3.63, 3.8) is 0 Å². The summed E-state index contributed by atoms with van der Waals surface area (Å²) in [6.07, 6.45) is 4.20. The van der Waals surface area contributed by atoms with Crippen LogP contribution in [0.4, 0.5) is 5.69 Å². The van der Waals surface area contributed by atoms with E-state index in [4.69, 9.17) is 0 Å². The molecule has 1 aromatic rings. The fraction of sp³-hybridized carbons (Fsp3) is 0.545. The van der Waals surface area contributed by atoms with Gasteiger partial charge in [-0.1, -0.05) is 0 Å². The Labute approximate surface area is 85.4 Å². The zero-order valence-corrected chi connectivity index (χ0v) is 9.07. The Kier molecular flexibility index (Phi) is 3.89. The molecule has 1 unspecified atom stereocenters. The molecule has 1 atom stereocenters. The van der Waals surface area contributed by atoms with Crippen LogP contribution in [0.5, 0.6) is 0 Å². The molecule has 0 amide bonds. The van der Waals surface area contributed by atoms with Crippen LogP contribution >= 0.6 is 0 Å². The van der Waals surface area contributed by atoms with Gasteiger partial charge in [-0.3, -0.25) is 4.98 Å². The molecule has 0 radical (unpaired) electrons. The van der Waals surface area contributed by atoms with Gasteiger partial charge in [-0.05, 0) is 31.9 Å². The van der Waals surface area contributed by atoms with Crippen LogP contribution in [0.3, 0.4) is 0 Å². The number of pyridine rings is 1. The topological polar surface area (TPSA) is 36.4 Å². The van der Waals surface area contributed by atoms with Gasteiger partial charge in [-0.2, -0.15) is 0 Å². The van der Waals surface area contributed by atoms with E-state index < -0.39 is 0 Å². The molecule has 3 nitrogen and oxygen atoms in total. The molecule has 0 saturated heterocycles. The number of aromatic nitrogens is 1. The molecule has 0 aliphatic carbocycles. The van der Waals surface area contributed by atoms with Crippen LogP contribution in [0.25, 0.3) is 0 Å². The fourth-order valence-electron chi connectivity index (χ4n) is 1.40. The second kappa shape index (κ2) is 4.96. The third-order valence-electron chi connectivity index (χ3n) is 2.28. The van der Waals surface area contributed by atoms with Gasteiger partial charge in [0.2, 0.25) is 0 Å². The summed E-state index contributed by atoms with van der Waals surface area (Å²) in [6.45, 7) is 4.72. The largest absolute Gasteiger partial charge is 0.393 e. The van der Waals surface area contributed by atoms with Crippen molar-refractivity contribution >= 4 is 5.69 Å². The quantitative estimate of drug-likeness (QED) is 0.791. The van der Waals surface area contributed by atoms with Crippen molar-refractivity contribution in [1.82, 2.24) is 4.98 Å². The molecule has 0 fully saturated rings. The minimum absolute atomic E-state index is 0.236. The van der Waals surface area contributed by atoms with E-state index in [0.29, 0.717) is 0 Å². The first kappa shape index (κ1) is 11.0. The number of aliphatic hydroxyl groups excluding tert-OH is 1. The number of rotatable bonds is 4. The van der Waals surface area contributed by atoms with E-state index in [1.807, 2.05) is 33.2 Å². The highest BCUT2D eigenvalue weighted by atomic mass is 16.3. The molecular weight excluding hydrogens is 176 g/mol. The first-order valence-corrected chi connectivity index (χ1v) is 4.91. The van der Waals surface area contributed by atoms with Gasteiger partial charge in [0.05, 0.1) is 6.10 Å². The van der Waals surface area contributed by atoms with E-state index >= 15 is 0 Å². The first-order valence-electron chi connectivity index (χ1n) is 4.91. The van der Waals surface area contributed by atoms with Crippen LogP contribution in [0.2, 0.25) is 0 Å². The van der Waals surface area contributed by atoms with Gasteiger partial charge in [0, 0.05) is 31.7 Å². The normalized spacial score (nSPS) is 12.6. The smallest absolute Gasteiger partial charge is 0.0528 e. The highest BCUT2D eigenvalue weighted by molar-refractivity contribution is 5.50. The van der Waals surface area contributed by atoms with Crippen LogP contribution in [-0.4, -0.2) is 29.8 Å². The number of hydrogen-bond donors (Lipinski definition) is 1. The van der Waals surface area contributed by atoms with Crippen molar-refractivity contribution in [1.29, 1.82) is 0 Å². The lowest BCUT2D eigenvalue weighted by molar-refractivity contribution is 0.187. The monoisotopic (exact) mass is 194 g/mol. The van der Waals surface area contributed by atoms with Crippen molar-refractivity contribution in [2.45, 2.75) is 26.4 Å². The molecule has 3 heteroatoms. The summed E-state index contributed by atoms with van der Waals surface area (Å²) in [4.78, 5) is 6.19. The zero-order chi connectivity index (χ0) is 10.6. The SMILES string of the molecule is Cc1cnccc1N(C)CCC(C)O. The zero-order valence-electron chi connectivity index (χ0n) is 9.07. The second-order valence-electron chi connectivity index (χ2n) is 3.72. The molecule has 0 spiro atoms. The van der Waals surface area contributed by atoms with Gasteiger partial charge in [-0.15, -0.1) is 0 Å². The Morgan fingerprint density at radius 1 is 1.57 bits per heavy atom. The van der Waals surface area contributed by atoms with E-state index in [9.17, 15) is 5.11 Å². The van der Waals surface area contributed by atoms with Gasteiger partial charge < -0.3 is 10.0 Å². The minimum atomic E-state index is -0.236. The Morgan fingerprint density at radius 3 is 2.86 bits per heavy atom. The summed E-state index contributed by atoms with van der Waals surface area (Å²) in [5.41, 5.74) is 2.35. The Bertz CT molecular complexity index is 286. The van der Waals surface area contributed by atoms with Crippen LogP contribution in [0.1, 0.15) is 18.9 Å². The van der Waals surface area contributed by atoms with E-state index in [0.717, 1.165) is 13.0 Å². The molecule has 78 valence electrons. The van der Waals surface area contributed by atoms with Crippen molar-refractivity contribution in [3.8, 4) is 0 Å². The average Bonchev–Trinajstić information content (AvgIpc) is 2.15. The number of nitrogens with zero attached hydrogens (tertiary/aromatic N) is 2. The number of anilines is 1. The predicted octanol–water partition coefficient (Wildman–Crippen LogP) is 1.60. The third-order valence-corrected chi connectivity index (χ3v) is 2.28. The Morgan fingerprint density at radius 2 is 2.29 bits per heavy atom. The number of aliphatic hydroxyl groups is 1. The second-order valence-corrected chi connectivity index (χ2v) is 3.72. The van der Waals surface area contributed by atoms with Gasteiger partial charge >= 0.3 is 0 Å². The lowest BCUT2D eigenvalue weighted by Gasteiger charge is -2.21. The summed E-state index contributed by atoms with van der Waals surface area (Å²) in [5.74, 6) is 0. The van der Waals surface area contributed by atoms with Crippen LogP contribution in [-0.2, 0) is 0 Å². The standard InChI is InChI=1S/C11H18N2O/c1-9-8-12-6-4-11(9)13(3)7-5-10(2)14/h4,6,8,10,14H,5,7H2,1-3H3. The van der Waals surface area contributed by atoms with Crippen molar-refractivity contribution in [3.05, 3.63) is 24.0 Å². The van der Waals surface area contributed by atoms with Gasteiger partial charge in [0.25, 0.3) is 0 Å². The molecule has 0 aromatic carbocycles. The number of aryl methyl sites for hydroxylation is 1. The molecule has 1 aromatic heterocycles. The molecule has 1 heterocycles. The molecule has 0 aliphatic heterocycles. The molecule has 0 saturated carbocycles. The van der Waals surface area contributed by atoms with E-state index in [1.165, 1.54) is 11.3 Å². The fourth-order valence-corrected chi connectivity index (χ4v) is 1.40. The summed E-state index contributed by atoms with van der Waals surface area (Å²) >= 11 is 0. The van der Waals surface area contributed by atoms with E-state index in [1.54, 1.807) is 6.20 Å². The molecule has 1 N–H and O–H groups in total. The predicted molar refractivity (Wildman–Crippen MR) is 58.5 cm³/mol. The summed E-state index contributed by atoms with van der Waals surface area (Å²) in [5, 5.41) is 9.18. The molecule has 0 aliphatic rings. The molecule has 0 bridgehead atoms. The van der Waals surface area contributed by atoms with E-state index in [2.05, 4.69) is 9.88 Å². The third kappa shape index (κ3) is 3.00. The maximum absolute atomic E-state index is 9.18.